The Morgan fingerprint density at radius 3 is 2.75 bits per heavy atom. The van der Waals surface area contributed by atoms with Crippen molar-refractivity contribution < 1.29 is 0 Å². The van der Waals surface area contributed by atoms with Crippen molar-refractivity contribution in [3.8, 4) is 0 Å². The van der Waals surface area contributed by atoms with Gasteiger partial charge in [-0.3, -0.25) is 0 Å². The third-order valence-corrected chi connectivity index (χ3v) is 5.32. The minimum Gasteiger partial charge on any atom is -0.326 e. The average Bonchev–Trinajstić information content (AvgIpc) is 2.82. The van der Waals surface area contributed by atoms with Gasteiger partial charge in [-0.2, -0.15) is 11.8 Å². The quantitative estimate of drug-likeness (QED) is 0.696. The van der Waals surface area contributed by atoms with E-state index in [4.69, 9.17) is 5.73 Å². The predicted octanol–water partition coefficient (Wildman–Crippen LogP) is 4.45. The number of thiophene rings is 1. The van der Waals surface area contributed by atoms with E-state index in [1.807, 2.05) is 23.1 Å². The third kappa shape index (κ3) is 4.48. The summed E-state index contributed by atoms with van der Waals surface area (Å²) >= 11 is 3.87. The highest BCUT2D eigenvalue weighted by atomic mass is 32.2. The maximum absolute atomic E-state index is 6.21. The largest absolute Gasteiger partial charge is 0.326 e. The van der Waals surface area contributed by atoms with E-state index in [0.717, 1.165) is 6.42 Å². The minimum absolute atomic E-state index is 0.297. The van der Waals surface area contributed by atoms with E-state index in [-0.39, 0.29) is 0 Å². The summed E-state index contributed by atoms with van der Waals surface area (Å²) < 4.78 is 0. The van der Waals surface area contributed by atoms with Gasteiger partial charge in [0.1, 0.15) is 0 Å². The fourth-order valence-corrected chi connectivity index (χ4v) is 4.10. The summed E-state index contributed by atoms with van der Waals surface area (Å²) in [6.07, 6.45) is 5.01. The normalized spacial score (nSPS) is 14.9. The second kappa shape index (κ2) is 8.15. The van der Waals surface area contributed by atoms with Crippen molar-refractivity contribution in [2.24, 2.45) is 5.73 Å². The Morgan fingerprint density at radius 1 is 1.38 bits per heavy atom. The summed E-state index contributed by atoms with van der Waals surface area (Å²) in [7, 11) is 0. The molecule has 1 aromatic rings. The van der Waals surface area contributed by atoms with Crippen LogP contribution in [0.3, 0.4) is 0 Å². The fourth-order valence-electron chi connectivity index (χ4n) is 1.65. The number of hydrogen-bond donors (Lipinski definition) is 1. The standard InChI is InChI=1S/C13H23NS2/c1-3-5-6-9-16-13(11(14)4-2)12-8-7-10-15-12/h7-8,10-11,13H,3-6,9,14H2,1-2H3. The van der Waals surface area contributed by atoms with E-state index in [1.165, 1.54) is 29.9 Å². The highest BCUT2D eigenvalue weighted by Crippen LogP contribution is 2.35. The smallest absolute Gasteiger partial charge is 0.0542 e. The van der Waals surface area contributed by atoms with Gasteiger partial charge in [0, 0.05) is 10.9 Å². The highest BCUT2D eigenvalue weighted by Gasteiger charge is 2.19. The van der Waals surface area contributed by atoms with Crippen molar-refractivity contribution in [1.82, 2.24) is 0 Å². The summed E-state index contributed by atoms with van der Waals surface area (Å²) in [5.74, 6) is 1.24. The van der Waals surface area contributed by atoms with Gasteiger partial charge in [0.2, 0.25) is 0 Å². The molecule has 0 aliphatic carbocycles. The molecule has 0 amide bonds. The average molecular weight is 257 g/mol. The van der Waals surface area contributed by atoms with Crippen molar-refractivity contribution in [3.63, 3.8) is 0 Å². The van der Waals surface area contributed by atoms with E-state index >= 15 is 0 Å². The monoisotopic (exact) mass is 257 g/mol. The molecule has 1 aromatic heterocycles. The minimum atomic E-state index is 0.297. The molecule has 2 N–H and O–H groups in total. The van der Waals surface area contributed by atoms with Crippen LogP contribution >= 0.6 is 23.1 Å². The van der Waals surface area contributed by atoms with Gasteiger partial charge >= 0.3 is 0 Å². The van der Waals surface area contributed by atoms with Crippen LogP contribution in [0.15, 0.2) is 17.5 Å². The Morgan fingerprint density at radius 2 is 2.19 bits per heavy atom. The van der Waals surface area contributed by atoms with Crippen molar-refractivity contribution >= 4 is 23.1 Å². The number of hydrogen-bond acceptors (Lipinski definition) is 3. The molecule has 0 radical (unpaired) electrons. The molecule has 0 fully saturated rings. The van der Waals surface area contributed by atoms with Gasteiger partial charge < -0.3 is 5.73 Å². The molecule has 0 aliphatic rings. The zero-order valence-electron chi connectivity index (χ0n) is 10.3. The first-order chi connectivity index (χ1) is 7.79. The summed E-state index contributed by atoms with van der Waals surface area (Å²) in [4.78, 5) is 1.44. The van der Waals surface area contributed by atoms with Gasteiger partial charge in [-0.1, -0.05) is 32.8 Å². The first-order valence-electron chi connectivity index (χ1n) is 6.20. The van der Waals surface area contributed by atoms with Gasteiger partial charge in [-0.05, 0) is 30.0 Å². The molecule has 0 spiro atoms. The Hall–Kier alpha value is 0.01000. The molecule has 1 nitrogen and oxygen atoms in total. The maximum atomic E-state index is 6.21. The van der Waals surface area contributed by atoms with Gasteiger partial charge in [0.15, 0.2) is 0 Å². The number of nitrogens with two attached hydrogens (primary N) is 1. The maximum Gasteiger partial charge on any atom is 0.0542 e. The van der Waals surface area contributed by atoms with Crippen molar-refractivity contribution in [3.05, 3.63) is 22.4 Å². The molecule has 3 heteroatoms. The Bertz CT molecular complexity index is 259. The predicted molar refractivity (Wildman–Crippen MR) is 77.3 cm³/mol. The summed E-state index contributed by atoms with van der Waals surface area (Å²) in [6, 6.07) is 4.64. The number of unbranched alkanes of at least 4 members (excludes halogenated alkanes) is 2. The molecule has 1 heterocycles. The molecule has 0 saturated heterocycles. The first kappa shape index (κ1) is 14.1. The lowest BCUT2D eigenvalue weighted by atomic mass is 10.1. The van der Waals surface area contributed by atoms with Crippen LogP contribution < -0.4 is 5.73 Å². The summed E-state index contributed by atoms with van der Waals surface area (Å²) in [6.45, 7) is 4.43. The zero-order chi connectivity index (χ0) is 11.8. The van der Waals surface area contributed by atoms with Gasteiger partial charge in [-0.25, -0.2) is 0 Å². The number of rotatable bonds is 8. The molecule has 2 unspecified atom stereocenters. The summed E-state index contributed by atoms with van der Waals surface area (Å²) in [5, 5.41) is 2.65. The Kier molecular flexibility index (Phi) is 7.17. The Balaban J connectivity index is 2.45. The number of thioether (sulfide) groups is 1. The summed E-state index contributed by atoms with van der Waals surface area (Å²) in [5.41, 5.74) is 6.21. The van der Waals surface area contributed by atoms with Crippen LogP contribution in [0, 0.1) is 0 Å². The lowest BCUT2D eigenvalue weighted by Gasteiger charge is -2.21. The highest BCUT2D eigenvalue weighted by molar-refractivity contribution is 7.99. The molecule has 16 heavy (non-hydrogen) atoms. The van der Waals surface area contributed by atoms with Gasteiger partial charge in [0.05, 0.1) is 5.25 Å². The van der Waals surface area contributed by atoms with Crippen LogP contribution in [-0.4, -0.2) is 11.8 Å². The Labute approximate surface area is 108 Å². The first-order valence-corrected chi connectivity index (χ1v) is 8.13. The SMILES string of the molecule is CCCCCSC(c1cccs1)C(N)CC. The van der Waals surface area contributed by atoms with E-state index in [2.05, 4.69) is 31.4 Å². The molecule has 0 aliphatic heterocycles. The van der Waals surface area contributed by atoms with E-state index in [0.29, 0.717) is 11.3 Å². The molecule has 0 bridgehead atoms. The van der Waals surface area contributed by atoms with Crippen LogP contribution in [0.2, 0.25) is 0 Å². The van der Waals surface area contributed by atoms with Crippen molar-refractivity contribution in [2.75, 3.05) is 5.75 Å². The lowest BCUT2D eigenvalue weighted by molar-refractivity contribution is 0.638. The molecule has 0 saturated carbocycles. The molecular weight excluding hydrogens is 234 g/mol. The van der Waals surface area contributed by atoms with Crippen LogP contribution in [0.25, 0.3) is 0 Å². The van der Waals surface area contributed by atoms with Crippen molar-refractivity contribution in [1.29, 1.82) is 0 Å². The molecule has 92 valence electrons. The van der Waals surface area contributed by atoms with E-state index < -0.39 is 0 Å². The van der Waals surface area contributed by atoms with Crippen LogP contribution in [0.4, 0.5) is 0 Å². The lowest BCUT2D eigenvalue weighted by Crippen LogP contribution is -2.25. The fraction of sp³-hybridized carbons (Fsp3) is 0.692. The van der Waals surface area contributed by atoms with E-state index in [9.17, 15) is 0 Å². The molecule has 0 aromatic carbocycles. The van der Waals surface area contributed by atoms with Crippen LogP contribution in [-0.2, 0) is 0 Å². The second-order valence-corrected chi connectivity index (χ2v) is 6.31. The topological polar surface area (TPSA) is 26.0 Å². The van der Waals surface area contributed by atoms with E-state index in [1.54, 1.807) is 0 Å². The molecule has 1 rings (SSSR count). The second-order valence-electron chi connectivity index (χ2n) is 4.09. The van der Waals surface area contributed by atoms with Gasteiger partial charge in [-0.15, -0.1) is 11.3 Å². The molecular formula is C13H23NS2. The van der Waals surface area contributed by atoms with Crippen LogP contribution in [0.1, 0.15) is 49.7 Å². The van der Waals surface area contributed by atoms with Crippen LogP contribution in [0.5, 0.6) is 0 Å². The molecule has 2 atom stereocenters. The van der Waals surface area contributed by atoms with Gasteiger partial charge in [0.25, 0.3) is 0 Å². The van der Waals surface area contributed by atoms with Crippen molar-refractivity contribution in [2.45, 2.75) is 50.8 Å². The zero-order valence-corrected chi connectivity index (χ0v) is 11.9. The third-order valence-electron chi connectivity index (χ3n) is 2.73.